The number of phenols is 1. The molecule has 0 fully saturated rings. The minimum atomic E-state index is -5.14. The number of hydrogen-bond donors (Lipinski definition) is 3. The maximum Gasteiger partial charge on any atom is 0.573 e. The van der Waals surface area contributed by atoms with Crippen LogP contribution in [-0.4, -0.2) is 59.0 Å². The van der Waals surface area contributed by atoms with E-state index in [9.17, 15) is 37.8 Å². The Balaban J connectivity index is 2.21. The molecule has 1 aromatic heterocycles. The molecule has 0 saturated heterocycles. The first kappa shape index (κ1) is 35.4. The van der Waals surface area contributed by atoms with Crippen molar-refractivity contribution in [2.75, 3.05) is 6.54 Å². The molecule has 0 bridgehead atoms. The summed E-state index contributed by atoms with van der Waals surface area (Å²) in [6, 6.07) is 8.78. The van der Waals surface area contributed by atoms with Crippen molar-refractivity contribution in [3.05, 3.63) is 69.5 Å². The molecule has 10 nitrogen and oxygen atoms in total. The van der Waals surface area contributed by atoms with Gasteiger partial charge in [0.2, 0.25) is 5.56 Å². The lowest BCUT2D eigenvalue weighted by Gasteiger charge is -2.41. The highest BCUT2D eigenvalue weighted by atomic mass is 28.4. The molecule has 0 aliphatic rings. The van der Waals surface area contributed by atoms with Crippen molar-refractivity contribution in [2.45, 2.75) is 84.3 Å². The first-order valence-corrected chi connectivity index (χ1v) is 17.0. The second kappa shape index (κ2) is 12.8. The number of carboxylic acid groups (broad SMARTS) is 1. The van der Waals surface area contributed by atoms with Gasteiger partial charge in [-0.1, -0.05) is 32.9 Å². The molecule has 1 atom stereocenters. The molecule has 0 aliphatic carbocycles. The Morgan fingerprint density at radius 1 is 1.00 bits per heavy atom. The van der Waals surface area contributed by atoms with Crippen LogP contribution in [0.3, 0.4) is 0 Å². The summed E-state index contributed by atoms with van der Waals surface area (Å²) < 4.78 is 56.7. The zero-order valence-corrected chi connectivity index (χ0v) is 27.5. The number of rotatable bonds is 9. The highest BCUT2D eigenvalue weighted by Crippen LogP contribution is 2.42. The summed E-state index contributed by atoms with van der Waals surface area (Å²) in [5.74, 6) is -2.43. The number of hydrogen-bond acceptors (Lipinski definition) is 7. The number of aromatic amines is 1. The summed E-state index contributed by atoms with van der Waals surface area (Å²) in [7, 11) is -2.62. The Labute approximate surface area is 259 Å². The minimum Gasteiger partial charge on any atom is -0.506 e. The van der Waals surface area contributed by atoms with Gasteiger partial charge in [0.25, 0.3) is 0 Å². The maximum atomic E-state index is 13.6. The lowest BCUT2D eigenvalue weighted by atomic mass is 10.0. The Kier molecular flexibility index (Phi) is 10.0. The second-order valence-electron chi connectivity index (χ2n) is 13.2. The van der Waals surface area contributed by atoms with Gasteiger partial charge in [0.15, 0.2) is 8.32 Å². The molecule has 2 aromatic carbocycles. The van der Waals surface area contributed by atoms with Crippen molar-refractivity contribution >= 4 is 31.3 Å². The number of pyridine rings is 1. The Bertz CT molecular complexity index is 1620. The van der Waals surface area contributed by atoms with Gasteiger partial charge in [0.1, 0.15) is 17.1 Å². The molecule has 1 amide bonds. The number of benzene rings is 2. The number of carbonyl (C=O) groups is 2. The molecule has 0 spiro atoms. The first-order valence-electron chi connectivity index (χ1n) is 14.1. The predicted octanol–water partition coefficient (Wildman–Crippen LogP) is 7.33. The molecular formula is C31H39F3N2O8Si. The van der Waals surface area contributed by atoms with Gasteiger partial charge in [0, 0.05) is 17.0 Å². The molecule has 3 rings (SSSR count). The van der Waals surface area contributed by atoms with Crippen LogP contribution >= 0.6 is 0 Å². The highest BCUT2D eigenvalue weighted by molar-refractivity contribution is 6.74. The molecule has 246 valence electrons. The lowest BCUT2D eigenvalue weighted by Crippen LogP contribution is -2.45. The minimum absolute atomic E-state index is 0.130. The number of fused-ring (bicyclic) bond motifs is 1. The van der Waals surface area contributed by atoms with Crippen LogP contribution < -0.4 is 10.3 Å². The standard InChI is InChI=1S/C31H39F3N2O8Si/c1-29(2,3)43-28(41)36(16-19-10-9-18(27(39)40)15-23(19)42-31(32,33)34)17-24(44-45(7,8)30(4,5)6)20-11-13-22(37)26-21(20)12-14-25(38)35-26/h9-15,24,37H,16-17H2,1-8H3,(H,35,38)(H,39,40). The predicted molar refractivity (Wildman–Crippen MR) is 164 cm³/mol. The SMILES string of the molecule is CC(C)(C)OC(=O)N(Cc1ccc(C(=O)O)cc1OC(F)(F)F)CC(O[Si](C)(C)C(C)(C)C)c1ccc(O)c2[nH]c(=O)ccc12. The van der Waals surface area contributed by atoms with Crippen LogP contribution in [0.15, 0.2) is 47.3 Å². The van der Waals surface area contributed by atoms with Gasteiger partial charge in [-0.3, -0.25) is 4.79 Å². The number of carbonyl (C=O) groups excluding carboxylic acids is 1. The normalized spacial score (nSPS) is 13.4. The summed E-state index contributed by atoms with van der Waals surface area (Å²) in [5.41, 5.74) is -1.34. The number of carboxylic acids is 1. The summed E-state index contributed by atoms with van der Waals surface area (Å²) >= 11 is 0. The van der Waals surface area contributed by atoms with E-state index < -0.39 is 61.9 Å². The summed E-state index contributed by atoms with van der Waals surface area (Å²) in [6.45, 7) is 14.2. The molecule has 0 radical (unpaired) electrons. The fourth-order valence-corrected chi connectivity index (χ4v) is 5.51. The van der Waals surface area contributed by atoms with Crippen molar-refractivity contribution in [3.63, 3.8) is 0 Å². The number of phenolic OH excluding ortho intramolecular Hbond substituents is 1. The van der Waals surface area contributed by atoms with E-state index in [1.807, 2.05) is 33.9 Å². The number of alkyl halides is 3. The van der Waals surface area contributed by atoms with Crippen LogP contribution in [-0.2, 0) is 15.7 Å². The number of nitrogens with one attached hydrogen (secondary N) is 1. The molecule has 0 saturated carbocycles. The molecule has 3 N–H and O–H groups in total. The van der Waals surface area contributed by atoms with E-state index in [0.717, 1.165) is 23.1 Å². The number of aromatic nitrogens is 1. The highest BCUT2D eigenvalue weighted by Gasteiger charge is 2.41. The molecule has 14 heteroatoms. The monoisotopic (exact) mass is 652 g/mol. The van der Waals surface area contributed by atoms with Crippen LogP contribution in [0.2, 0.25) is 18.1 Å². The van der Waals surface area contributed by atoms with E-state index in [0.29, 0.717) is 10.9 Å². The molecular weight excluding hydrogens is 613 g/mol. The number of amides is 1. The lowest BCUT2D eigenvalue weighted by molar-refractivity contribution is -0.275. The topological polar surface area (TPSA) is 138 Å². The van der Waals surface area contributed by atoms with E-state index >= 15 is 0 Å². The van der Waals surface area contributed by atoms with Gasteiger partial charge < -0.3 is 34.0 Å². The molecule has 0 aliphatic heterocycles. The molecule has 1 heterocycles. The van der Waals surface area contributed by atoms with Gasteiger partial charge in [-0.05, 0) is 68.7 Å². The van der Waals surface area contributed by atoms with E-state index in [4.69, 9.17) is 9.16 Å². The Morgan fingerprint density at radius 2 is 1.64 bits per heavy atom. The van der Waals surface area contributed by atoms with Gasteiger partial charge in [-0.25, -0.2) is 9.59 Å². The van der Waals surface area contributed by atoms with Crippen molar-refractivity contribution in [3.8, 4) is 11.5 Å². The number of H-pyrrole nitrogens is 1. The van der Waals surface area contributed by atoms with Crippen LogP contribution in [0.4, 0.5) is 18.0 Å². The third kappa shape index (κ3) is 9.23. The molecule has 3 aromatic rings. The van der Waals surface area contributed by atoms with Crippen molar-refractivity contribution in [1.29, 1.82) is 0 Å². The smallest absolute Gasteiger partial charge is 0.506 e. The van der Waals surface area contributed by atoms with Gasteiger partial charge in [0.05, 0.1) is 30.3 Å². The van der Waals surface area contributed by atoms with E-state index in [-0.39, 0.29) is 28.4 Å². The number of nitrogens with zero attached hydrogens (tertiary/aromatic N) is 1. The first-order chi connectivity index (χ1) is 20.5. The number of ether oxygens (including phenoxy) is 2. The van der Waals surface area contributed by atoms with Crippen LogP contribution in [0.5, 0.6) is 11.5 Å². The third-order valence-corrected chi connectivity index (χ3v) is 11.9. The van der Waals surface area contributed by atoms with Crippen molar-refractivity contribution < 1.29 is 46.9 Å². The van der Waals surface area contributed by atoms with Crippen LogP contribution in [0.1, 0.15) is 69.1 Å². The second-order valence-corrected chi connectivity index (χ2v) is 17.9. The van der Waals surface area contributed by atoms with Gasteiger partial charge >= 0.3 is 18.4 Å². The van der Waals surface area contributed by atoms with Crippen LogP contribution in [0, 0.1) is 0 Å². The Hall–Kier alpha value is -4.04. The molecule has 1 unspecified atom stereocenters. The average Bonchev–Trinajstić information content (AvgIpc) is 2.86. The number of aromatic hydroxyl groups is 1. The largest absolute Gasteiger partial charge is 0.573 e. The third-order valence-electron chi connectivity index (χ3n) is 7.44. The summed E-state index contributed by atoms with van der Waals surface area (Å²) in [4.78, 5) is 41.0. The quantitative estimate of drug-likeness (QED) is 0.204. The fourth-order valence-electron chi connectivity index (χ4n) is 4.25. The fraction of sp³-hybridized carbons (Fsp3) is 0.452. The van der Waals surface area contributed by atoms with Gasteiger partial charge in [-0.2, -0.15) is 0 Å². The Morgan fingerprint density at radius 3 is 2.20 bits per heavy atom. The summed E-state index contributed by atoms with van der Waals surface area (Å²) in [6.07, 6.45) is -6.92. The van der Waals surface area contributed by atoms with Gasteiger partial charge in [-0.15, -0.1) is 13.2 Å². The summed E-state index contributed by atoms with van der Waals surface area (Å²) in [5, 5.41) is 20.0. The van der Waals surface area contributed by atoms with E-state index in [2.05, 4.69) is 9.72 Å². The number of halogens is 3. The van der Waals surface area contributed by atoms with E-state index in [1.165, 1.54) is 18.2 Å². The van der Waals surface area contributed by atoms with Crippen LogP contribution in [0.25, 0.3) is 10.9 Å². The zero-order chi connectivity index (χ0) is 34.1. The number of aromatic carboxylic acids is 1. The van der Waals surface area contributed by atoms with E-state index in [1.54, 1.807) is 26.8 Å². The average molecular weight is 653 g/mol. The maximum absolute atomic E-state index is 13.6. The zero-order valence-electron chi connectivity index (χ0n) is 26.5. The molecule has 45 heavy (non-hydrogen) atoms. The van der Waals surface area contributed by atoms with Crippen molar-refractivity contribution in [2.24, 2.45) is 0 Å². The van der Waals surface area contributed by atoms with Crippen molar-refractivity contribution in [1.82, 2.24) is 9.88 Å².